The summed E-state index contributed by atoms with van der Waals surface area (Å²) in [4.78, 5) is 14.5. The SMILES string of the molecule is CCN(Cc1ccc(OC)c(OC)c1)C(=O)CCc1nnc(-c2ccccc2)o1. The maximum Gasteiger partial charge on any atom is 0.247 e. The Morgan fingerprint density at radius 2 is 1.79 bits per heavy atom. The quantitative estimate of drug-likeness (QED) is 0.549. The zero-order valence-corrected chi connectivity index (χ0v) is 16.9. The number of carbonyl (C=O) groups is 1. The van der Waals surface area contributed by atoms with Gasteiger partial charge in [-0.25, -0.2) is 0 Å². The second kappa shape index (κ2) is 9.73. The van der Waals surface area contributed by atoms with Crippen LogP contribution in [0.3, 0.4) is 0 Å². The minimum atomic E-state index is 0.0294. The van der Waals surface area contributed by atoms with Gasteiger partial charge in [0, 0.05) is 31.5 Å². The molecule has 7 heteroatoms. The number of benzene rings is 2. The van der Waals surface area contributed by atoms with Gasteiger partial charge in [0.05, 0.1) is 14.2 Å². The van der Waals surface area contributed by atoms with Crippen molar-refractivity contribution >= 4 is 5.91 Å². The zero-order valence-electron chi connectivity index (χ0n) is 16.9. The third-order valence-electron chi connectivity index (χ3n) is 4.60. The molecular weight excluding hydrogens is 370 g/mol. The lowest BCUT2D eigenvalue weighted by molar-refractivity contribution is -0.131. The monoisotopic (exact) mass is 395 g/mol. The third kappa shape index (κ3) is 5.13. The first kappa shape index (κ1) is 20.4. The molecule has 0 aliphatic carbocycles. The predicted molar refractivity (Wildman–Crippen MR) is 109 cm³/mol. The number of hydrogen-bond acceptors (Lipinski definition) is 6. The molecule has 152 valence electrons. The summed E-state index contributed by atoms with van der Waals surface area (Å²) in [7, 11) is 3.19. The lowest BCUT2D eigenvalue weighted by Crippen LogP contribution is -2.30. The predicted octanol–water partition coefficient (Wildman–Crippen LogP) is 3.74. The summed E-state index contributed by atoms with van der Waals surface area (Å²) in [5.41, 5.74) is 1.84. The van der Waals surface area contributed by atoms with E-state index in [2.05, 4.69) is 10.2 Å². The van der Waals surface area contributed by atoms with Crippen molar-refractivity contribution in [2.75, 3.05) is 20.8 Å². The molecule has 1 heterocycles. The number of amides is 1. The van der Waals surface area contributed by atoms with Gasteiger partial charge in [-0.1, -0.05) is 24.3 Å². The van der Waals surface area contributed by atoms with Crippen molar-refractivity contribution in [3.63, 3.8) is 0 Å². The van der Waals surface area contributed by atoms with Crippen LogP contribution >= 0.6 is 0 Å². The van der Waals surface area contributed by atoms with E-state index in [1.807, 2.05) is 55.5 Å². The summed E-state index contributed by atoms with van der Waals surface area (Å²) < 4.78 is 16.3. The van der Waals surface area contributed by atoms with Gasteiger partial charge in [0.1, 0.15) is 0 Å². The number of ether oxygens (including phenoxy) is 2. The maximum atomic E-state index is 12.7. The van der Waals surface area contributed by atoms with Crippen LogP contribution in [0, 0.1) is 0 Å². The fourth-order valence-corrected chi connectivity index (χ4v) is 3.00. The molecule has 2 aromatic carbocycles. The third-order valence-corrected chi connectivity index (χ3v) is 4.60. The number of aromatic nitrogens is 2. The van der Waals surface area contributed by atoms with Crippen molar-refractivity contribution in [3.8, 4) is 23.0 Å². The van der Waals surface area contributed by atoms with E-state index in [-0.39, 0.29) is 5.91 Å². The molecule has 0 fully saturated rings. The van der Waals surface area contributed by atoms with Gasteiger partial charge in [0.2, 0.25) is 17.7 Å². The Labute approximate surface area is 170 Å². The first-order valence-corrected chi connectivity index (χ1v) is 9.51. The van der Waals surface area contributed by atoms with Crippen LogP contribution < -0.4 is 9.47 Å². The fourth-order valence-electron chi connectivity index (χ4n) is 3.00. The molecule has 0 bridgehead atoms. The number of carbonyl (C=O) groups excluding carboxylic acids is 1. The van der Waals surface area contributed by atoms with Crippen LogP contribution in [0.15, 0.2) is 52.9 Å². The molecule has 1 aromatic heterocycles. The standard InChI is InChI=1S/C22H25N3O4/c1-4-25(15-16-10-11-18(27-2)19(14-16)28-3)21(26)13-12-20-23-24-22(29-20)17-8-6-5-7-9-17/h5-11,14H,4,12-13,15H2,1-3H3. The highest BCUT2D eigenvalue weighted by Gasteiger charge is 2.16. The van der Waals surface area contributed by atoms with Gasteiger partial charge in [-0.05, 0) is 36.8 Å². The first-order chi connectivity index (χ1) is 14.1. The molecule has 3 aromatic rings. The number of methoxy groups -OCH3 is 2. The maximum absolute atomic E-state index is 12.7. The van der Waals surface area contributed by atoms with E-state index >= 15 is 0 Å². The summed E-state index contributed by atoms with van der Waals surface area (Å²) in [5.74, 6) is 2.26. The van der Waals surface area contributed by atoms with Crippen molar-refractivity contribution in [2.45, 2.75) is 26.3 Å². The van der Waals surface area contributed by atoms with E-state index in [9.17, 15) is 4.79 Å². The van der Waals surface area contributed by atoms with Crippen LogP contribution in [0.25, 0.3) is 11.5 Å². The highest BCUT2D eigenvalue weighted by molar-refractivity contribution is 5.76. The molecule has 0 aliphatic heterocycles. The molecule has 0 radical (unpaired) electrons. The Balaban J connectivity index is 1.60. The van der Waals surface area contributed by atoms with Crippen molar-refractivity contribution in [2.24, 2.45) is 0 Å². The van der Waals surface area contributed by atoms with E-state index in [1.165, 1.54) is 0 Å². The molecule has 7 nitrogen and oxygen atoms in total. The second-order valence-corrected chi connectivity index (χ2v) is 6.46. The summed E-state index contributed by atoms with van der Waals surface area (Å²) in [6, 6.07) is 15.2. The Morgan fingerprint density at radius 1 is 1.03 bits per heavy atom. The van der Waals surface area contributed by atoms with E-state index < -0.39 is 0 Å². The molecule has 1 amide bonds. The molecule has 0 aliphatic rings. The number of hydrogen-bond donors (Lipinski definition) is 0. The van der Waals surface area contributed by atoms with E-state index in [1.54, 1.807) is 19.1 Å². The second-order valence-electron chi connectivity index (χ2n) is 6.46. The Morgan fingerprint density at radius 3 is 2.48 bits per heavy atom. The summed E-state index contributed by atoms with van der Waals surface area (Å²) in [5, 5.41) is 8.12. The fraction of sp³-hybridized carbons (Fsp3) is 0.318. The van der Waals surface area contributed by atoms with E-state index in [0.717, 1.165) is 11.1 Å². The number of rotatable bonds is 9. The summed E-state index contributed by atoms with van der Waals surface area (Å²) in [6.07, 6.45) is 0.707. The molecule has 0 saturated carbocycles. The highest BCUT2D eigenvalue weighted by atomic mass is 16.5. The van der Waals surface area contributed by atoms with Gasteiger partial charge in [-0.2, -0.15) is 0 Å². The Bertz CT molecular complexity index is 940. The molecule has 0 atom stereocenters. The average molecular weight is 395 g/mol. The Kier molecular flexibility index (Phi) is 6.84. The molecule has 0 N–H and O–H groups in total. The molecule has 0 spiro atoms. The van der Waals surface area contributed by atoms with Crippen LogP contribution in [0.2, 0.25) is 0 Å². The molecule has 0 saturated heterocycles. The highest BCUT2D eigenvalue weighted by Crippen LogP contribution is 2.28. The summed E-state index contributed by atoms with van der Waals surface area (Å²) >= 11 is 0. The van der Waals surface area contributed by atoms with Crippen molar-refractivity contribution < 1.29 is 18.7 Å². The van der Waals surface area contributed by atoms with Crippen LogP contribution in [0.1, 0.15) is 24.8 Å². The van der Waals surface area contributed by atoms with Crippen LogP contribution in [-0.2, 0) is 17.8 Å². The van der Waals surface area contributed by atoms with Crippen LogP contribution in [0.4, 0.5) is 0 Å². The number of nitrogens with zero attached hydrogens (tertiary/aromatic N) is 3. The molecule has 3 rings (SSSR count). The van der Waals surface area contributed by atoms with Gasteiger partial charge >= 0.3 is 0 Å². The van der Waals surface area contributed by atoms with Crippen LogP contribution in [-0.4, -0.2) is 41.8 Å². The lowest BCUT2D eigenvalue weighted by atomic mass is 10.1. The smallest absolute Gasteiger partial charge is 0.247 e. The molecular formula is C22H25N3O4. The summed E-state index contributed by atoms with van der Waals surface area (Å²) in [6.45, 7) is 3.06. The van der Waals surface area contributed by atoms with Gasteiger partial charge < -0.3 is 18.8 Å². The van der Waals surface area contributed by atoms with Gasteiger partial charge in [0.25, 0.3) is 0 Å². The van der Waals surface area contributed by atoms with E-state index in [4.69, 9.17) is 13.9 Å². The van der Waals surface area contributed by atoms with E-state index in [0.29, 0.717) is 49.2 Å². The Hall–Kier alpha value is -3.35. The first-order valence-electron chi connectivity index (χ1n) is 9.51. The topological polar surface area (TPSA) is 77.7 Å². The van der Waals surface area contributed by atoms with Crippen molar-refractivity contribution in [3.05, 3.63) is 60.0 Å². The van der Waals surface area contributed by atoms with Gasteiger partial charge in [-0.3, -0.25) is 4.79 Å². The molecule has 29 heavy (non-hydrogen) atoms. The zero-order chi connectivity index (χ0) is 20.6. The normalized spacial score (nSPS) is 10.6. The average Bonchev–Trinajstić information content (AvgIpc) is 3.25. The van der Waals surface area contributed by atoms with Crippen LogP contribution in [0.5, 0.6) is 11.5 Å². The lowest BCUT2D eigenvalue weighted by Gasteiger charge is -2.21. The minimum Gasteiger partial charge on any atom is -0.493 e. The minimum absolute atomic E-state index is 0.0294. The van der Waals surface area contributed by atoms with Gasteiger partial charge in [0.15, 0.2) is 11.5 Å². The van der Waals surface area contributed by atoms with Gasteiger partial charge in [-0.15, -0.1) is 10.2 Å². The van der Waals surface area contributed by atoms with Crippen molar-refractivity contribution in [1.82, 2.24) is 15.1 Å². The largest absolute Gasteiger partial charge is 0.493 e. The molecule has 0 unspecified atom stereocenters. The van der Waals surface area contributed by atoms with Crippen molar-refractivity contribution in [1.29, 1.82) is 0 Å². The number of aryl methyl sites for hydroxylation is 1.